The summed E-state index contributed by atoms with van der Waals surface area (Å²) in [5.74, 6) is 0.854. The van der Waals surface area contributed by atoms with Crippen molar-refractivity contribution in [3.8, 4) is 0 Å². The number of hydrogen-bond donors (Lipinski definition) is 1. The first-order chi connectivity index (χ1) is 7.38. The van der Waals surface area contributed by atoms with Gasteiger partial charge in [0.25, 0.3) is 0 Å². The van der Waals surface area contributed by atoms with Crippen LogP contribution in [-0.2, 0) is 5.75 Å². The Morgan fingerprint density at radius 3 is 2.80 bits per heavy atom. The third kappa shape index (κ3) is 2.70. The molecule has 0 saturated heterocycles. The highest BCUT2D eigenvalue weighted by Gasteiger charge is 2.00. The van der Waals surface area contributed by atoms with Crippen LogP contribution < -0.4 is 0 Å². The maximum atomic E-state index is 10.4. The van der Waals surface area contributed by atoms with E-state index in [4.69, 9.17) is 0 Å². The number of hydrogen-bond acceptors (Lipinski definition) is 3. The Balaban J connectivity index is 1.96. The molecule has 0 unspecified atom stereocenters. The lowest BCUT2D eigenvalue weighted by atomic mass is 10.2. The van der Waals surface area contributed by atoms with Gasteiger partial charge in [-0.2, -0.15) is 0 Å². The fourth-order valence-electron chi connectivity index (χ4n) is 1.18. The second kappa shape index (κ2) is 4.79. The highest BCUT2D eigenvalue weighted by Crippen LogP contribution is 2.18. The molecule has 0 aliphatic rings. The summed E-state index contributed by atoms with van der Waals surface area (Å²) in [6.45, 7) is 0. The Kier molecular flexibility index (Phi) is 3.19. The zero-order valence-electron chi connectivity index (χ0n) is 8.01. The minimum atomic E-state index is 0.519. The normalized spacial score (nSPS) is 10.1. The molecule has 4 heteroatoms. The third-order valence-electron chi connectivity index (χ3n) is 1.92. The summed E-state index contributed by atoms with van der Waals surface area (Å²) < 4.78 is 0. The summed E-state index contributed by atoms with van der Waals surface area (Å²) in [6, 6.07) is 10.1. The van der Waals surface area contributed by atoms with Gasteiger partial charge < -0.3 is 4.98 Å². The van der Waals surface area contributed by atoms with Crippen molar-refractivity contribution in [2.24, 2.45) is 0 Å². The Labute approximate surface area is 91.9 Å². The van der Waals surface area contributed by atoms with Crippen molar-refractivity contribution < 1.29 is 4.79 Å². The second-order valence-corrected chi connectivity index (χ2v) is 4.00. The molecule has 1 aromatic carbocycles. The average Bonchev–Trinajstić information content (AvgIpc) is 2.76. The Bertz CT molecular complexity index is 439. The van der Waals surface area contributed by atoms with Crippen molar-refractivity contribution in [1.29, 1.82) is 0 Å². The molecule has 0 spiro atoms. The molecule has 0 bridgehead atoms. The number of aromatic amines is 1. The molecular weight excluding hydrogens is 208 g/mol. The van der Waals surface area contributed by atoms with Crippen molar-refractivity contribution in [3.63, 3.8) is 0 Å². The van der Waals surface area contributed by atoms with E-state index < -0.39 is 0 Å². The van der Waals surface area contributed by atoms with Crippen LogP contribution >= 0.6 is 11.8 Å². The number of rotatable bonds is 4. The molecule has 2 aromatic rings. The fourth-order valence-corrected chi connectivity index (χ4v) is 1.99. The van der Waals surface area contributed by atoms with Crippen LogP contribution in [0, 0.1) is 0 Å². The van der Waals surface area contributed by atoms with Crippen LogP contribution in [0.3, 0.4) is 0 Å². The van der Waals surface area contributed by atoms with E-state index in [1.165, 1.54) is 5.56 Å². The smallest absolute Gasteiger partial charge is 0.167 e. The van der Waals surface area contributed by atoms with Gasteiger partial charge in [0.1, 0.15) is 0 Å². The third-order valence-corrected chi connectivity index (χ3v) is 2.88. The molecule has 2 rings (SSSR count). The number of carbonyl (C=O) groups is 1. The van der Waals surface area contributed by atoms with E-state index in [0.29, 0.717) is 5.69 Å². The standard InChI is InChI=1S/C11H10N2OS/c14-7-10-6-12-11(13-10)15-8-9-4-2-1-3-5-9/h1-7H,8H2,(H,12,13). The molecule has 15 heavy (non-hydrogen) atoms. The first-order valence-electron chi connectivity index (χ1n) is 4.55. The van der Waals surface area contributed by atoms with Gasteiger partial charge in [0.2, 0.25) is 0 Å². The average molecular weight is 218 g/mol. The van der Waals surface area contributed by atoms with Crippen LogP contribution in [-0.4, -0.2) is 16.3 Å². The molecule has 0 saturated carbocycles. The molecule has 1 heterocycles. The van der Waals surface area contributed by atoms with E-state index in [0.717, 1.165) is 17.2 Å². The lowest BCUT2D eigenvalue weighted by Gasteiger charge is -1.97. The van der Waals surface area contributed by atoms with E-state index >= 15 is 0 Å². The molecule has 3 nitrogen and oxygen atoms in total. The van der Waals surface area contributed by atoms with Crippen LogP contribution in [0.5, 0.6) is 0 Å². The van der Waals surface area contributed by atoms with Gasteiger partial charge in [0.05, 0.1) is 11.9 Å². The molecule has 0 amide bonds. The molecule has 1 N–H and O–H groups in total. The van der Waals surface area contributed by atoms with E-state index in [-0.39, 0.29) is 0 Å². The summed E-state index contributed by atoms with van der Waals surface area (Å²) >= 11 is 1.58. The number of nitrogens with zero attached hydrogens (tertiary/aromatic N) is 1. The number of imidazole rings is 1. The van der Waals surface area contributed by atoms with E-state index in [1.807, 2.05) is 18.2 Å². The summed E-state index contributed by atoms with van der Waals surface area (Å²) in [6.07, 6.45) is 2.31. The predicted molar refractivity (Wildman–Crippen MR) is 60.0 cm³/mol. The fraction of sp³-hybridized carbons (Fsp3) is 0.0909. The number of aldehydes is 1. The Morgan fingerprint density at radius 2 is 2.13 bits per heavy atom. The van der Waals surface area contributed by atoms with Crippen molar-refractivity contribution in [2.45, 2.75) is 10.9 Å². The van der Waals surface area contributed by atoms with Gasteiger partial charge in [-0.3, -0.25) is 4.79 Å². The van der Waals surface area contributed by atoms with Crippen LogP contribution in [0.2, 0.25) is 0 Å². The Morgan fingerprint density at radius 1 is 1.33 bits per heavy atom. The highest BCUT2D eigenvalue weighted by atomic mass is 32.2. The number of aromatic nitrogens is 2. The largest absolute Gasteiger partial charge is 0.331 e. The zero-order chi connectivity index (χ0) is 10.5. The van der Waals surface area contributed by atoms with Gasteiger partial charge in [-0.15, -0.1) is 0 Å². The van der Waals surface area contributed by atoms with Crippen molar-refractivity contribution in [1.82, 2.24) is 9.97 Å². The van der Waals surface area contributed by atoms with E-state index in [9.17, 15) is 4.79 Å². The molecule has 0 fully saturated rings. The van der Waals surface area contributed by atoms with Gasteiger partial charge in [0, 0.05) is 5.75 Å². The minimum Gasteiger partial charge on any atom is -0.331 e. The van der Waals surface area contributed by atoms with Crippen LogP contribution in [0.25, 0.3) is 0 Å². The maximum Gasteiger partial charge on any atom is 0.167 e. The van der Waals surface area contributed by atoms with Crippen LogP contribution in [0.1, 0.15) is 16.1 Å². The minimum absolute atomic E-state index is 0.519. The Hall–Kier alpha value is -1.55. The van der Waals surface area contributed by atoms with E-state index in [2.05, 4.69) is 22.1 Å². The van der Waals surface area contributed by atoms with Crippen molar-refractivity contribution in [2.75, 3.05) is 0 Å². The first-order valence-corrected chi connectivity index (χ1v) is 5.54. The molecule has 0 radical (unpaired) electrons. The van der Waals surface area contributed by atoms with Gasteiger partial charge in [-0.25, -0.2) is 4.98 Å². The topological polar surface area (TPSA) is 45.8 Å². The highest BCUT2D eigenvalue weighted by molar-refractivity contribution is 7.98. The lowest BCUT2D eigenvalue weighted by molar-refractivity contribution is 0.111. The summed E-state index contributed by atoms with van der Waals surface area (Å²) in [7, 11) is 0. The molecule has 1 aromatic heterocycles. The summed E-state index contributed by atoms with van der Waals surface area (Å²) in [5, 5.41) is 0.779. The first kappa shape index (κ1) is 9.98. The second-order valence-electron chi connectivity index (χ2n) is 3.04. The molecule has 0 atom stereocenters. The van der Waals surface area contributed by atoms with Crippen molar-refractivity contribution >= 4 is 18.0 Å². The summed E-state index contributed by atoms with van der Waals surface area (Å²) in [4.78, 5) is 17.4. The molecular formula is C11H10N2OS. The van der Waals surface area contributed by atoms with Crippen LogP contribution in [0.15, 0.2) is 41.7 Å². The molecule has 0 aliphatic carbocycles. The van der Waals surface area contributed by atoms with Crippen LogP contribution in [0.4, 0.5) is 0 Å². The van der Waals surface area contributed by atoms with Gasteiger partial charge in [-0.05, 0) is 5.56 Å². The molecule has 0 aliphatic heterocycles. The maximum absolute atomic E-state index is 10.4. The van der Waals surface area contributed by atoms with Gasteiger partial charge >= 0.3 is 0 Å². The zero-order valence-corrected chi connectivity index (χ0v) is 8.83. The SMILES string of the molecule is O=Cc1cnc(SCc2ccccc2)[nH]1. The lowest BCUT2D eigenvalue weighted by Crippen LogP contribution is -1.81. The molecule has 76 valence electrons. The van der Waals surface area contributed by atoms with Crippen molar-refractivity contribution in [3.05, 3.63) is 47.8 Å². The monoisotopic (exact) mass is 218 g/mol. The van der Waals surface area contributed by atoms with E-state index in [1.54, 1.807) is 18.0 Å². The van der Waals surface area contributed by atoms with Gasteiger partial charge in [0.15, 0.2) is 11.4 Å². The number of carbonyl (C=O) groups excluding carboxylic acids is 1. The number of nitrogens with one attached hydrogen (secondary N) is 1. The van der Waals surface area contributed by atoms with Gasteiger partial charge in [-0.1, -0.05) is 42.1 Å². The summed E-state index contributed by atoms with van der Waals surface area (Å²) in [5.41, 5.74) is 1.76. The quantitative estimate of drug-likeness (QED) is 0.633. The number of H-pyrrole nitrogens is 1. The predicted octanol–water partition coefficient (Wildman–Crippen LogP) is 2.51. The number of thioether (sulfide) groups is 1. The number of benzene rings is 1.